The third kappa shape index (κ3) is 7.80. The van der Waals surface area contributed by atoms with Crippen LogP contribution in [0.2, 0.25) is 0 Å². The zero-order chi connectivity index (χ0) is 26.1. The summed E-state index contributed by atoms with van der Waals surface area (Å²) in [4.78, 5) is 8.29. The molecule has 0 spiro atoms. The Bertz CT molecular complexity index is 1180. The highest BCUT2D eigenvalue weighted by molar-refractivity contribution is 7.80. The van der Waals surface area contributed by atoms with Crippen molar-refractivity contribution < 1.29 is 13.2 Å². The van der Waals surface area contributed by atoms with Gasteiger partial charge in [0.2, 0.25) is 0 Å². The number of aromatic nitrogens is 2. The molecule has 0 unspecified atom stereocenters. The van der Waals surface area contributed by atoms with E-state index in [0.29, 0.717) is 36.7 Å². The first-order valence-electron chi connectivity index (χ1n) is 11.5. The SMILES string of the molecule is CN(C)CCN(CCc1cncn1Cc1ccc(C#N)cc1)C(=S)NCc1ccccc1C(F)(F)F. The predicted molar refractivity (Wildman–Crippen MR) is 137 cm³/mol. The van der Waals surface area contributed by atoms with Crippen LogP contribution >= 0.6 is 12.2 Å². The molecule has 0 saturated carbocycles. The van der Waals surface area contributed by atoms with Gasteiger partial charge in [0, 0.05) is 51.0 Å². The first-order valence-corrected chi connectivity index (χ1v) is 11.9. The molecule has 0 atom stereocenters. The van der Waals surface area contributed by atoms with Gasteiger partial charge in [0.1, 0.15) is 0 Å². The molecule has 10 heteroatoms. The van der Waals surface area contributed by atoms with Crippen LogP contribution in [-0.2, 0) is 25.7 Å². The summed E-state index contributed by atoms with van der Waals surface area (Å²) < 4.78 is 42.1. The van der Waals surface area contributed by atoms with Gasteiger partial charge >= 0.3 is 6.18 Å². The van der Waals surface area contributed by atoms with Crippen molar-refractivity contribution in [1.29, 1.82) is 5.26 Å². The van der Waals surface area contributed by atoms with Crippen molar-refractivity contribution in [3.8, 4) is 6.07 Å². The molecule has 0 saturated heterocycles. The number of likely N-dealkylation sites (N-methyl/N-ethyl adjacent to an activating group) is 1. The van der Waals surface area contributed by atoms with Crippen molar-refractivity contribution in [2.75, 3.05) is 33.7 Å². The fraction of sp³-hybridized carbons (Fsp3) is 0.346. The molecule has 0 amide bonds. The van der Waals surface area contributed by atoms with Gasteiger partial charge in [-0.2, -0.15) is 18.4 Å². The van der Waals surface area contributed by atoms with E-state index in [0.717, 1.165) is 23.9 Å². The number of alkyl halides is 3. The van der Waals surface area contributed by atoms with E-state index in [-0.39, 0.29) is 12.1 Å². The van der Waals surface area contributed by atoms with E-state index in [1.165, 1.54) is 12.1 Å². The van der Waals surface area contributed by atoms with Gasteiger partial charge in [0.05, 0.1) is 23.5 Å². The number of imidazole rings is 1. The minimum Gasteiger partial charge on any atom is -0.358 e. The monoisotopic (exact) mass is 514 g/mol. The van der Waals surface area contributed by atoms with Crippen LogP contribution in [0.15, 0.2) is 61.1 Å². The molecule has 1 heterocycles. The molecular weight excluding hydrogens is 485 g/mol. The van der Waals surface area contributed by atoms with E-state index in [1.54, 1.807) is 24.5 Å². The fourth-order valence-electron chi connectivity index (χ4n) is 3.70. The Hall–Kier alpha value is -3.42. The third-order valence-electron chi connectivity index (χ3n) is 5.73. The number of hydrogen-bond donors (Lipinski definition) is 1. The zero-order valence-corrected chi connectivity index (χ0v) is 21.1. The largest absolute Gasteiger partial charge is 0.416 e. The average molecular weight is 515 g/mol. The van der Waals surface area contributed by atoms with E-state index in [1.807, 2.05) is 46.8 Å². The van der Waals surface area contributed by atoms with E-state index >= 15 is 0 Å². The Morgan fingerprint density at radius 2 is 1.81 bits per heavy atom. The maximum atomic E-state index is 13.4. The van der Waals surface area contributed by atoms with Crippen molar-refractivity contribution in [2.45, 2.75) is 25.7 Å². The maximum Gasteiger partial charge on any atom is 0.416 e. The van der Waals surface area contributed by atoms with Crippen LogP contribution in [0, 0.1) is 11.3 Å². The molecule has 1 N–H and O–H groups in total. The quantitative estimate of drug-likeness (QED) is 0.407. The van der Waals surface area contributed by atoms with E-state index in [4.69, 9.17) is 17.5 Å². The zero-order valence-electron chi connectivity index (χ0n) is 20.3. The number of halogens is 3. The lowest BCUT2D eigenvalue weighted by atomic mass is 10.1. The molecule has 2 aromatic carbocycles. The summed E-state index contributed by atoms with van der Waals surface area (Å²) in [5, 5.41) is 12.4. The second-order valence-corrected chi connectivity index (χ2v) is 9.06. The van der Waals surface area contributed by atoms with Crippen LogP contribution < -0.4 is 5.32 Å². The van der Waals surface area contributed by atoms with E-state index in [2.05, 4.69) is 16.4 Å². The number of nitriles is 1. The number of rotatable bonds is 10. The summed E-state index contributed by atoms with van der Waals surface area (Å²) in [6.45, 7) is 2.56. The highest BCUT2D eigenvalue weighted by Gasteiger charge is 2.32. The lowest BCUT2D eigenvalue weighted by Crippen LogP contribution is -2.44. The predicted octanol–water partition coefficient (Wildman–Crippen LogP) is 4.30. The van der Waals surface area contributed by atoms with Gasteiger partial charge in [-0.05, 0) is 55.6 Å². The number of nitrogens with zero attached hydrogens (tertiary/aromatic N) is 5. The fourth-order valence-corrected chi connectivity index (χ4v) is 3.95. The molecule has 1 aromatic heterocycles. The van der Waals surface area contributed by atoms with Crippen molar-refractivity contribution in [1.82, 2.24) is 24.7 Å². The normalized spacial score (nSPS) is 11.4. The van der Waals surface area contributed by atoms with Crippen LogP contribution in [0.5, 0.6) is 0 Å². The Morgan fingerprint density at radius 3 is 2.47 bits per heavy atom. The maximum absolute atomic E-state index is 13.4. The molecule has 3 aromatic rings. The minimum absolute atomic E-state index is 0.0103. The summed E-state index contributed by atoms with van der Waals surface area (Å²) in [7, 11) is 3.92. The lowest BCUT2D eigenvalue weighted by Gasteiger charge is -2.28. The Balaban J connectivity index is 1.65. The van der Waals surface area contributed by atoms with Crippen LogP contribution in [0.3, 0.4) is 0 Å². The van der Waals surface area contributed by atoms with Gasteiger partial charge in [-0.25, -0.2) is 4.98 Å². The number of nitrogens with one attached hydrogen (secondary N) is 1. The highest BCUT2D eigenvalue weighted by Crippen LogP contribution is 2.31. The van der Waals surface area contributed by atoms with Crippen LogP contribution in [0.25, 0.3) is 0 Å². The first-order chi connectivity index (χ1) is 17.2. The molecule has 0 aliphatic rings. The van der Waals surface area contributed by atoms with Crippen molar-refractivity contribution in [2.24, 2.45) is 0 Å². The van der Waals surface area contributed by atoms with Crippen molar-refractivity contribution in [3.05, 3.63) is 89.0 Å². The summed E-state index contributed by atoms with van der Waals surface area (Å²) in [6, 6.07) is 15.1. The molecule has 3 rings (SSSR count). The molecular formula is C26H29F3N6S. The minimum atomic E-state index is -4.42. The second kappa shape index (κ2) is 12.5. The standard InChI is InChI=1S/C26H29F3N6S/c1-33(2)13-14-34(25(36)32-16-22-5-3-4-6-24(22)26(27,28)29)12-11-23-17-31-19-35(23)18-21-9-7-20(15-30)8-10-21/h3-10,17,19H,11-14,16,18H2,1-2H3,(H,32,36). The van der Waals surface area contributed by atoms with Gasteiger partial charge in [-0.15, -0.1) is 0 Å². The number of hydrogen-bond acceptors (Lipinski definition) is 4. The summed E-state index contributed by atoms with van der Waals surface area (Å²) >= 11 is 5.59. The van der Waals surface area contributed by atoms with Gasteiger partial charge in [-0.1, -0.05) is 30.3 Å². The lowest BCUT2D eigenvalue weighted by molar-refractivity contribution is -0.138. The molecule has 6 nitrogen and oxygen atoms in total. The molecule has 0 fully saturated rings. The number of thiocarbonyl (C=S) groups is 1. The Morgan fingerprint density at radius 1 is 1.08 bits per heavy atom. The van der Waals surface area contributed by atoms with Gasteiger partial charge in [0.25, 0.3) is 0 Å². The topological polar surface area (TPSA) is 60.1 Å². The summed E-state index contributed by atoms with van der Waals surface area (Å²) in [6.07, 6.45) is -0.186. The van der Waals surface area contributed by atoms with Crippen LogP contribution in [0.1, 0.15) is 27.9 Å². The second-order valence-electron chi connectivity index (χ2n) is 8.68. The molecule has 0 aliphatic carbocycles. The molecule has 0 bridgehead atoms. The van der Waals surface area contributed by atoms with Crippen LogP contribution in [0.4, 0.5) is 13.2 Å². The average Bonchev–Trinajstić information content (AvgIpc) is 3.29. The summed E-state index contributed by atoms with van der Waals surface area (Å²) in [5.41, 5.74) is 2.17. The molecule has 0 aliphatic heterocycles. The third-order valence-corrected chi connectivity index (χ3v) is 6.13. The molecule has 0 radical (unpaired) electrons. The number of benzene rings is 2. The molecule has 36 heavy (non-hydrogen) atoms. The van der Waals surface area contributed by atoms with Crippen LogP contribution in [-0.4, -0.2) is 58.2 Å². The first kappa shape index (κ1) is 27.2. The van der Waals surface area contributed by atoms with Crippen molar-refractivity contribution >= 4 is 17.3 Å². The van der Waals surface area contributed by atoms with Gasteiger partial charge < -0.3 is 19.7 Å². The van der Waals surface area contributed by atoms with E-state index < -0.39 is 11.7 Å². The van der Waals surface area contributed by atoms with Gasteiger partial charge in [-0.3, -0.25) is 0 Å². The van der Waals surface area contributed by atoms with Gasteiger partial charge in [0.15, 0.2) is 5.11 Å². The summed E-state index contributed by atoms with van der Waals surface area (Å²) in [5.74, 6) is 0. The highest BCUT2D eigenvalue weighted by atomic mass is 32.1. The Labute approximate surface area is 215 Å². The molecule has 190 valence electrons. The Kier molecular flexibility index (Phi) is 9.44. The van der Waals surface area contributed by atoms with Crippen molar-refractivity contribution in [3.63, 3.8) is 0 Å². The smallest absolute Gasteiger partial charge is 0.358 e. The van der Waals surface area contributed by atoms with E-state index in [9.17, 15) is 13.2 Å².